The van der Waals surface area contributed by atoms with Gasteiger partial charge in [-0.25, -0.2) is 14.4 Å². The molecule has 0 aliphatic carbocycles. The van der Waals surface area contributed by atoms with Crippen molar-refractivity contribution < 1.29 is 124 Å². The smallest absolute Gasteiger partial charge is 0.329 e. The third-order valence-electron chi connectivity index (χ3n) is 28.8. The first-order valence-corrected chi connectivity index (χ1v) is 53.8. The molecule has 0 radical (unpaired) electrons. The number of methoxy groups -OCH3 is 6. The molecule has 818 valence electrons. The summed E-state index contributed by atoms with van der Waals surface area (Å²) in [7, 11) is 9.32. The molecule has 4 amide bonds. The number of benzene rings is 6. The van der Waals surface area contributed by atoms with Crippen molar-refractivity contribution >= 4 is 76.4 Å². The Morgan fingerprint density at radius 3 is 1.09 bits per heavy atom. The highest BCUT2D eigenvalue weighted by atomic mass is 16.6. The number of likely N-dealkylation sites (tertiary alicyclic amines) is 4. The van der Waals surface area contributed by atoms with Crippen molar-refractivity contribution in [1.82, 2.24) is 19.6 Å². The van der Waals surface area contributed by atoms with Crippen LogP contribution in [0.1, 0.15) is 314 Å². The lowest BCUT2D eigenvalue weighted by Gasteiger charge is -2.36. The predicted octanol–water partition coefficient (Wildman–Crippen LogP) is 19.9. The zero-order chi connectivity index (χ0) is 109. The summed E-state index contributed by atoms with van der Waals surface area (Å²) in [4.78, 5) is 178. The monoisotopic (exact) mass is 2070 g/mol. The number of aliphatic hydroxyl groups excluding tert-OH is 1. The van der Waals surface area contributed by atoms with E-state index in [4.69, 9.17) is 56.8 Å². The van der Waals surface area contributed by atoms with E-state index < -0.39 is 135 Å². The van der Waals surface area contributed by atoms with E-state index in [2.05, 4.69) is 19.1 Å². The van der Waals surface area contributed by atoms with E-state index in [0.29, 0.717) is 189 Å². The Balaban J connectivity index is 0.000000305. The Hall–Kier alpha value is -12.2. The Kier molecular flexibility index (Phi) is 50.6. The molecule has 0 saturated carbocycles. The number of carbonyl (C=O) groups excluding carboxylic acids is 13. The molecular weight excluding hydrogens is 1900 g/mol. The van der Waals surface area contributed by atoms with Crippen LogP contribution < -0.4 is 37.9 Å². The normalized spacial score (nSPS) is 16.3. The fourth-order valence-electron chi connectivity index (χ4n) is 18.5. The number of hydrogen-bond acceptors (Lipinski definition) is 26. The predicted molar refractivity (Wildman–Crippen MR) is 568 cm³/mol. The molecule has 30 nitrogen and oxygen atoms in total. The Bertz CT molecular complexity index is 5270. The molecular formula is C119H166N4O26. The van der Waals surface area contributed by atoms with Gasteiger partial charge in [0, 0.05) is 49.9 Å². The van der Waals surface area contributed by atoms with Crippen LogP contribution in [0.2, 0.25) is 0 Å². The van der Waals surface area contributed by atoms with Gasteiger partial charge in [0.15, 0.2) is 28.8 Å². The number of ketones is 5. The molecule has 6 atom stereocenters. The van der Waals surface area contributed by atoms with Gasteiger partial charge in [0.1, 0.15) is 48.4 Å². The van der Waals surface area contributed by atoms with E-state index >= 15 is 0 Å². The van der Waals surface area contributed by atoms with Crippen LogP contribution in [0.4, 0.5) is 0 Å². The van der Waals surface area contributed by atoms with Crippen molar-refractivity contribution in [2.45, 2.75) is 331 Å². The molecule has 1 N–H and O–H groups in total. The summed E-state index contributed by atoms with van der Waals surface area (Å²) in [5.41, 5.74) is 1.75. The maximum Gasteiger partial charge on any atom is 0.329 e. The number of unbranched alkanes of at least 4 members (excludes halogenated alkanes) is 8. The lowest BCUT2D eigenvalue weighted by molar-refractivity contribution is -0.165. The van der Waals surface area contributed by atoms with Crippen LogP contribution in [0, 0.1) is 21.7 Å². The van der Waals surface area contributed by atoms with Crippen LogP contribution in [0.25, 0.3) is 0 Å². The van der Waals surface area contributed by atoms with Crippen LogP contribution in [0.15, 0.2) is 133 Å². The number of nitrogens with zero attached hydrogens (tertiary/aromatic N) is 4. The third-order valence-corrected chi connectivity index (χ3v) is 28.8. The second-order valence-electron chi connectivity index (χ2n) is 41.8. The molecule has 4 fully saturated rings. The van der Waals surface area contributed by atoms with Crippen LogP contribution in [-0.2, 0) is 107 Å². The number of piperidine rings is 4. The number of rotatable bonds is 57. The van der Waals surface area contributed by atoms with Crippen LogP contribution >= 0.6 is 0 Å². The highest BCUT2D eigenvalue weighted by Crippen LogP contribution is 2.42. The first-order valence-electron chi connectivity index (χ1n) is 53.8. The standard InChI is InChI=1S/C60H82N2O13.C35H49NO5.C24H35NO8/c1-9-59(2,3)54(65)56(67)62-36-21-19-30-47(62)58(69)75-49(34-33-42-24-13-12-14-25-42)44-27-23-28-45(40-44)73-37-22-11-10-15-32-52(64)74-41-60(4,5)55(66)57(68)61-35-20-18-29-46(61)48(63)31-17-16-26-43-38-50(70-6)53(72-8)51(39-43)71-7;1-5-7-8-9-15-25-40-29-20-16-19-28(26-29)31(23-22-27-17-11-10-12-18-27)41-34(39)30-21-13-14-24-36(30)33(38)32(37)35(3,4)6-2;1-24(2,15-26)21(27)22(28)25-11-7-6-10-17(25)23(29)33-12-8-9-16-13-18(30-3)20(32-5)19(14-16)31-4/h12-14,23-25,27-28,38-40,46-47,49H,9-11,15-22,26,29-37,41H2,1-8H3;10-12,16-20,26,30-31H,5-9,13-15,21-25H2,1-4H3;13-14,17,26H,6-12,15H2,1-5H3. The fraction of sp³-hybridized carbons (Fsp3) is 0.588. The number of Topliss-reactive ketones (excluding diaryl/α,β-unsaturated/α-hetero) is 5. The average molecular weight is 2070 g/mol. The van der Waals surface area contributed by atoms with Gasteiger partial charge in [-0.1, -0.05) is 186 Å². The Morgan fingerprint density at radius 1 is 0.342 bits per heavy atom. The molecule has 4 aliphatic rings. The largest absolute Gasteiger partial charge is 0.494 e. The highest BCUT2D eigenvalue weighted by molar-refractivity contribution is 6.40. The highest BCUT2D eigenvalue weighted by Gasteiger charge is 2.47. The van der Waals surface area contributed by atoms with Crippen LogP contribution in [-0.4, -0.2) is 227 Å². The average Bonchev–Trinajstić information content (AvgIpc) is 0.795. The fourth-order valence-corrected chi connectivity index (χ4v) is 18.5. The zero-order valence-electron chi connectivity index (χ0n) is 91.5. The number of carbonyl (C=O) groups is 13. The topological polar surface area (TPSA) is 366 Å². The van der Waals surface area contributed by atoms with Crippen molar-refractivity contribution in [2.24, 2.45) is 21.7 Å². The summed E-state index contributed by atoms with van der Waals surface area (Å²) in [6.45, 7) is 21.2. The van der Waals surface area contributed by atoms with Gasteiger partial charge in [0.2, 0.25) is 34.6 Å². The summed E-state index contributed by atoms with van der Waals surface area (Å²) in [5.74, 6) is -2.33. The molecule has 0 spiro atoms. The summed E-state index contributed by atoms with van der Waals surface area (Å²) in [6, 6.07) is 39.8. The number of ether oxygens (including phenoxy) is 12. The van der Waals surface area contributed by atoms with Crippen molar-refractivity contribution in [2.75, 3.05) is 102 Å². The zero-order valence-corrected chi connectivity index (χ0v) is 91.5. The number of aryl methyl sites for hydroxylation is 4. The van der Waals surface area contributed by atoms with Gasteiger partial charge in [-0.3, -0.25) is 47.9 Å². The van der Waals surface area contributed by atoms with E-state index in [-0.39, 0.29) is 31.8 Å². The van der Waals surface area contributed by atoms with Gasteiger partial charge in [-0.2, -0.15) is 0 Å². The van der Waals surface area contributed by atoms with Crippen molar-refractivity contribution in [1.29, 1.82) is 0 Å². The van der Waals surface area contributed by atoms with Crippen molar-refractivity contribution in [3.8, 4) is 46.0 Å². The number of amides is 4. The molecule has 0 aromatic heterocycles. The van der Waals surface area contributed by atoms with Crippen molar-refractivity contribution in [3.63, 3.8) is 0 Å². The first-order chi connectivity index (χ1) is 71.4. The van der Waals surface area contributed by atoms with E-state index in [9.17, 15) is 67.4 Å². The molecule has 0 bridgehead atoms. The maximum atomic E-state index is 14.0. The minimum atomic E-state index is -1.28. The molecule has 4 heterocycles. The first kappa shape index (κ1) is 122. The van der Waals surface area contributed by atoms with Gasteiger partial charge in [-0.05, 0) is 263 Å². The van der Waals surface area contributed by atoms with E-state index in [0.717, 1.165) is 116 Å². The summed E-state index contributed by atoms with van der Waals surface area (Å²) in [6.07, 6.45) is 22.6. The minimum absolute atomic E-state index is 0.0599. The van der Waals surface area contributed by atoms with E-state index in [1.54, 1.807) is 77.1 Å². The lowest BCUT2D eigenvalue weighted by atomic mass is 9.84. The lowest BCUT2D eigenvalue weighted by Crippen LogP contribution is -2.53. The summed E-state index contributed by atoms with van der Waals surface area (Å²) in [5, 5.41) is 9.41. The third kappa shape index (κ3) is 36.9. The Labute approximate surface area is 882 Å². The van der Waals surface area contributed by atoms with Gasteiger partial charge in [0.25, 0.3) is 23.6 Å². The van der Waals surface area contributed by atoms with Gasteiger partial charge in [0.05, 0.1) is 86.0 Å². The Morgan fingerprint density at radius 2 is 0.705 bits per heavy atom. The van der Waals surface area contributed by atoms with Gasteiger partial charge in [-0.15, -0.1) is 0 Å². The number of aliphatic hydroxyl groups is 1. The van der Waals surface area contributed by atoms with Crippen molar-refractivity contribution in [3.05, 3.63) is 167 Å². The molecule has 4 aliphatic heterocycles. The number of esters is 4. The molecule has 6 unspecified atom stereocenters. The molecule has 10 rings (SSSR count). The van der Waals surface area contributed by atoms with E-state index in [1.165, 1.54) is 59.8 Å². The summed E-state index contributed by atoms with van der Waals surface area (Å²) < 4.78 is 68.0. The van der Waals surface area contributed by atoms with Crippen LogP contribution in [0.3, 0.4) is 0 Å². The SMILES string of the molecule is CCC(C)(C)C(=O)C(=O)N1CCCCC1C(=O)OC(CCc1ccccc1)c1cccc(OCCCCCCC(=O)OCC(C)(C)C(=O)C(=O)N2CCCCC2C(=O)CCCCc2cc(OC)c(OC)c(OC)c2)c1.CCCCCCCOc1cccc(C(CCc2ccccc2)OC(=O)C2CCCCN2C(=O)C(=O)C(C)(C)CC)c1.COc1cc(CCCOC(=O)C2CCCCN2C(=O)C(=O)C(C)(C)CO)cc(OC)c1OC. The molecule has 4 saturated heterocycles. The summed E-state index contributed by atoms with van der Waals surface area (Å²) >= 11 is 0. The molecule has 6 aromatic rings. The minimum Gasteiger partial charge on any atom is -0.494 e. The second-order valence-corrected chi connectivity index (χ2v) is 41.8. The maximum absolute atomic E-state index is 14.0. The molecule has 149 heavy (non-hydrogen) atoms. The second kappa shape index (κ2) is 61.8. The number of hydrogen-bond donors (Lipinski definition) is 1. The van der Waals surface area contributed by atoms with Gasteiger partial charge >= 0.3 is 23.9 Å². The van der Waals surface area contributed by atoms with Crippen LogP contribution in [0.5, 0.6) is 46.0 Å². The molecule has 30 heteroatoms. The quantitative estimate of drug-likeness (QED) is 0.0160. The molecule has 6 aromatic carbocycles. The van der Waals surface area contributed by atoms with E-state index in [1.807, 2.05) is 135 Å². The van der Waals surface area contributed by atoms with Gasteiger partial charge < -0.3 is 81.5 Å².